The van der Waals surface area contributed by atoms with E-state index in [4.69, 9.17) is 10.5 Å². The second-order valence-corrected chi connectivity index (χ2v) is 5.95. The molecule has 1 atom stereocenters. The van der Waals surface area contributed by atoms with Gasteiger partial charge in [-0.2, -0.15) is 0 Å². The zero-order valence-corrected chi connectivity index (χ0v) is 14.1. The van der Waals surface area contributed by atoms with Gasteiger partial charge in [0.15, 0.2) is 0 Å². The lowest BCUT2D eigenvalue weighted by molar-refractivity contribution is 0.317. The third-order valence-electron chi connectivity index (χ3n) is 3.27. The molecule has 2 aromatic rings. The van der Waals surface area contributed by atoms with Crippen molar-refractivity contribution < 1.29 is 4.74 Å². The fourth-order valence-corrected chi connectivity index (χ4v) is 2.78. The molecule has 0 saturated carbocycles. The van der Waals surface area contributed by atoms with Crippen molar-refractivity contribution in [2.45, 2.75) is 26.3 Å². The topological polar surface area (TPSA) is 35.2 Å². The van der Waals surface area contributed by atoms with Crippen LogP contribution in [0.2, 0.25) is 0 Å². The Kier molecular flexibility index (Phi) is 5.43. The first-order valence-corrected chi connectivity index (χ1v) is 7.94. The number of rotatable bonds is 5. The molecule has 0 aliphatic heterocycles. The minimum Gasteiger partial charge on any atom is -0.494 e. The standard InChI is InChI=1S/C17H20INO/c1-3-11-20-14-9-7-13(8-10-14)17(19)15-6-4-5-12(2)16(15)18/h4-10,17H,3,11,19H2,1-2H3. The van der Waals surface area contributed by atoms with Crippen molar-refractivity contribution in [1.82, 2.24) is 0 Å². The number of benzene rings is 2. The highest BCUT2D eigenvalue weighted by Gasteiger charge is 2.13. The lowest BCUT2D eigenvalue weighted by Crippen LogP contribution is -2.13. The van der Waals surface area contributed by atoms with Gasteiger partial charge in [-0.25, -0.2) is 0 Å². The Hall–Kier alpha value is -1.07. The Morgan fingerprint density at radius 3 is 2.50 bits per heavy atom. The smallest absolute Gasteiger partial charge is 0.119 e. The van der Waals surface area contributed by atoms with Gasteiger partial charge in [-0.1, -0.05) is 37.3 Å². The molecule has 2 rings (SSSR count). The summed E-state index contributed by atoms with van der Waals surface area (Å²) in [6.45, 7) is 4.96. The molecule has 0 radical (unpaired) electrons. The fraction of sp³-hybridized carbons (Fsp3) is 0.294. The van der Waals surface area contributed by atoms with E-state index in [1.807, 2.05) is 24.3 Å². The van der Waals surface area contributed by atoms with Gasteiger partial charge in [0, 0.05) is 3.57 Å². The van der Waals surface area contributed by atoms with Crippen LogP contribution in [0.15, 0.2) is 42.5 Å². The van der Waals surface area contributed by atoms with Gasteiger partial charge in [0.2, 0.25) is 0 Å². The monoisotopic (exact) mass is 381 g/mol. The number of halogens is 1. The van der Waals surface area contributed by atoms with E-state index in [0.29, 0.717) is 0 Å². The van der Waals surface area contributed by atoms with E-state index in [-0.39, 0.29) is 6.04 Å². The molecule has 0 saturated heterocycles. The molecule has 20 heavy (non-hydrogen) atoms. The third kappa shape index (κ3) is 3.52. The molecular formula is C17H20INO. The van der Waals surface area contributed by atoms with Crippen molar-refractivity contribution in [2.24, 2.45) is 5.73 Å². The lowest BCUT2D eigenvalue weighted by atomic mass is 9.98. The maximum atomic E-state index is 6.39. The van der Waals surface area contributed by atoms with Gasteiger partial charge in [0.1, 0.15) is 5.75 Å². The first-order valence-electron chi connectivity index (χ1n) is 6.86. The van der Waals surface area contributed by atoms with E-state index < -0.39 is 0 Å². The van der Waals surface area contributed by atoms with Gasteiger partial charge in [-0.05, 0) is 64.8 Å². The number of hydrogen-bond acceptors (Lipinski definition) is 2. The van der Waals surface area contributed by atoms with Crippen molar-refractivity contribution in [3.05, 3.63) is 62.7 Å². The highest BCUT2D eigenvalue weighted by Crippen LogP contribution is 2.27. The van der Waals surface area contributed by atoms with E-state index in [1.54, 1.807) is 0 Å². The molecule has 0 aliphatic rings. The molecule has 0 aliphatic carbocycles. The second kappa shape index (κ2) is 7.09. The highest BCUT2D eigenvalue weighted by atomic mass is 127. The molecule has 0 bridgehead atoms. The Balaban J connectivity index is 2.20. The quantitative estimate of drug-likeness (QED) is 0.778. The predicted octanol–water partition coefficient (Wildman–Crippen LogP) is 4.44. The summed E-state index contributed by atoms with van der Waals surface area (Å²) in [6.07, 6.45) is 1.02. The van der Waals surface area contributed by atoms with E-state index in [1.165, 1.54) is 14.7 Å². The summed E-state index contributed by atoms with van der Waals surface area (Å²) in [5.74, 6) is 0.904. The minimum atomic E-state index is -0.0953. The molecule has 0 aromatic heterocycles. The van der Waals surface area contributed by atoms with Crippen LogP contribution < -0.4 is 10.5 Å². The molecule has 1 unspecified atom stereocenters. The first-order chi connectivity index (χ1) is 9.63. The molecule has 2 aromatic carbocycles. The van der Waals surface area contributed by atoms with Crippen molar-refractivity contribution >= 4 is 22.6 Å². The fourth-order valence-electron chi connectivity index (χ4n) is 2.08. The van der Waals surface area contributed by atoms with Gasteiger partial charge in [0.05, 0.1) is 12.6 Å². The lowest BCUT2D eigenvalue weighted by Gasteiger charge is -2.16. The Morgan fingerprint density at radius 2 is 1.85 bits per heavy atom. The van der Waals surface area contributed by atoms with Gasteiger partial charge in [-0.3, -0.25) is 0 Å². The first kappa shape index (κ1) is 15.3. The predicted molar refractivity (Wildman–Crippen MR) is 92.2 cm³/mol. The van der Waals surface area contributed by atoms with Gasteiger partial charge in [-0.15, -0.1) is 0 Å². The van der Waals surface area contributed by atoms with E-state index in [0.717, 1.165) is 24.3 Å². The van der Waals surface area contributed by atoms with Crippen LogP contribution in [0, 0.1) is 10.5 Å². The van der Waals surface area contributed by atoms with E-state index >= 15 is 0 Å². The molecule has 106 valence electrons. The number of aryl methyl sites for hydroxylation is 1. The largest absolute Gasteiger partial charge is 0.494 e. The van der Waals surface area contributed by atoms with Crippen molar-refractivity contribution in [2.75, 3.05) is 6.61 Å². The molecule has 0 amide bonds. The molecular weight excluding hydrogens is 361 g/mol. The Labute approximate surface area is 134 Å². The molecule has 0 heterocycles. The minimum absolute atomic E-state index is 0.0953. The van der Waals surface area contributed by atoms with Crippen LogP contribution in [0.5, 0.6) is 5.75 Å². The molecule has 0 spiro atoms. The summed E-state index contributed by atoms with van der Waals surface area (Å²) in [5.41, 5.74) is 9.94. The van der Waals surface area contributed by atoms with Crippen LogP contribution in [-0.4, -0.2) is 6.61 Å². The summed E-state index contributed by atoms with van der Waals surface area (Å²) in [7, 11) is 0. The zero-order valence-electron chi connectivity index (χ0n) is 11.9. The van der Waals surface area contributed by atoms with Crippen LogP contribution in [0.3, 0.4) is 0 Å². The van der Waals surface area contributed by atoms with Crippen LogP contribution in [0.1, 0.15) is 36.1 Å². The molecule has 3 heteroatoms. The Morgan fingerprint density at radius 1 is 1.15 bits per heavy atom. The second-order valence-electron chi connectivity index (χ2n) is 4.87. The Bertz CT molecular complexity index is 566. The molecule has 2 nitrogen and oxygen atoms in total. The van der Waals surface area contributed by atoms with Gasteiger partial charge in [0.25, 0.3) is 0 Å². The third-order valence-corrected chi connectivity index (χ3v) is 4.74. The van der Waals surface area contributed by atoms with E-state index in [2.05, 4.69) is 54.6 Å². The summed E-state index contributed by atoms with van der Waals surface area (Å²) in [4.78, 5) is 0. The number of hydrogen-bond donors (Lipinski definition) is 1. The molecule has 2 N–H and O–H groups in total. The van der Waals surface area contributed by atoms with Crippen molar-refractivity contribution in [1.29, 1.82) is 0 Å². The van der Waals surface area contributed by atoms with Crippen LogP contribution in [0.25, 0.3) is 0 Å². The zero-order chi connectivity index (χ0) is 14.5. The summed E-state index contributed by atoms with van der Waals surface area (Å²) in [5, 5.41) is 0. The normalized spacial score (nSPS) is 12.2. The number of ether oxygens (including phenoxy) is 1. The van der Waals surface area contributed by atoms with Crippen LogP contribution >= 0.6 is 22.6 Å². The van der Waals surface area contributed by atoms with Crippen molar-refractivity contribution in [3.63, 3.8) is 0 Å². The van der Waals surface area contributed by atoms with E-state index in [9.17, 15) is 0 Å². The summed E-state index contributed by atoms with van der Waals surface area (Å²) < 4.78 is 6.84. The maximum absolute atomic E-state index is 6.39. The molecule has 0 fully saturated rings. The van der Waals surface area contributed by atoms with Crippen molar-refractivity contribution in [3.8, 4) is 5.75 Å². The van der Waals surface area contributed by atoms with Crippen LogP contribution in [-0.2, 0) is 0 Å². The van der Waals surface area contributed by atoms with Gasteiger partial charge >= 0.3 is 0 Å². The highest BCUT2D eigenvalue weighted by molar-refractivity contribution is 14.1. The van der Waals surface area contributed by atoms with Gasteiger partial charge < -0.3 is 10.5 Å². The SMILES string of the molecule is CCCOc1ccc(C(N)c2cccc(C)c2I)cc1. The van der Waals surface area contributed by atoms with Crippen LogP contribution in [0.4, 0.5) is 0 Å². The average molecular weight is 381 g/mol. The summed E-state index contributed by atoms with van der Waals surface area (Å²) in [6, 6.07) is 14.3. The maximum Gasteiger partial charge on any atom is 0.119 e. The number of nitrogens with two attached hydrogens (primary N) is 1. The summed E-state index contributed by atoms with van der Waals surface area (Å²) >= 11 is 2.37. The average Bonchev–Trinajstić information content (AvgIpc) is 2.48.